The highest BCUT2D eigenvalue weighted by Crippen LogP contribution is 2.44. The molecule has 1 saturated heterocycles. The smallest absolute Gasteiger partial charge is 0.197 e. The van der Waals surface area contributed by atoms with E-state index in [0.717, 1.165) is 12.1 Å². The Morgan fingerprint density at radius 2 is 1.63 bits per heavy atom. The van der Waals surface area contributed by atoms with Gasteiger partial charge < -0.3 is 34.7 Å². The zero-order valence-electron chi connectivity index (χ0n) is 15.6. The number of phenols is 3. The number of rotatable bonds is 2. The Bertz CT molecular complexity index is 1200. The van der Waals surface area contributed by atoms with E-state index in [1.165, 1.54) is 31.2 Å². The number of ketones is 1. The monoisotopic (exact) mass is 414 g/mol. The van der Waals surface area contributed by atoms with Crippen LogP contribution in [0.25, 0.3) is 22.3 Å². The van der Waals surface area contributed by atoms with Crippen molar-refractivity contribution in [3.05, 3.63) is 52.2 Å². The molecule has 156 valence electrons. The number of carbonyl (C=O) groups is 1. The maximum Gasteiger partial charge on any atom is 0.197 e. The number of phenolic OH excluding ortho intramolecular Hbond substituents is 3. The van der Waals surface area contributed by atoms with Gasteiger partial charge in [0.2, 0.25) is 0 Å². The maximum absolute atomic E-state index is 12.7. The average Bonchev–Trinajstić information content (AvgIpc) is 2.70. The summed E-state index contributed by atoms with van der Waals surface area (Å²) in [4.78, 5) is 24.5. The lowest BCUT2D eigenvalue weighted by Crippen LogP contribution is -2.50. The molecule has 2 heterocycles. The lowest BCUT2D eigenvalue weighted by atomic mass is 9.91. The highest BCUT2D eigenvalue weighted by Gasteiger charge is 2.44. The van der Waals surface area contributed by atoms with Crippen LogP contribution in [-0.4, -0.2) is 49.6 Å². The Morgan fingerprint density at radius 3 is 2.30 bits per heavy atom. The zero-order chi connectivity index (χ0) is 21.7. The van der Waals surface area contributed by atoms with Gasteiger partial charge in [-0.05, 0) is 31.2 Å². The zero-order valence-corrected chi connectivity index (χ0v) is 15.6. The number of ether oxygens (including phenoxy) is 1. The van der Waals surface area contributed by atoms with Gasteiger partial charge in [-0.15, -0.1) is 0 Å². The number of hydrogen-bond acceptors (Lipinski definition) is 9. The van der Waals surface area contributed by atoms with Crippen LogP contribution in [0.3, 0.4) is 0 Å². The van der Waals surface area contributed by atoms with E-state index in [9.17, 15) is 35.1 Å². The van der Waals surface area contributed by atoms with Gasteiger partial charge in [-0.3, -0.25) is 9.59 Å². The van der Waals surface area contributed by atoms with Gasteiger partial charge in [-0.2, -0.15) is 0 Å². The molecule has 5 N–H and O–H groups in total. The first kappa shape index (κ1) is 19.9. The van der Waals surface area contributed by atoms with Crippen LogP contribution in [0.4, 0.5) is 0 Å². The molecule has 0 radical (unpaired) electrons. The highest BCUT2D eigenvalue weighted by atomic mass is 16.5. The molecule has 0 spiro atoms. The lowest BCUT2D eigenvalue weighted by molar-refractivity contribution is -0.181. The molecule has 4 rings (SSSR count). The van der Waals surface area contributed by atoms with E-state index in [0.29, 0.717) is 5.56 Å². The number of hydrogen-bond donors (Lipinski definition) is 5. The molecule has 4 atom stereocenters. The first-order valence-corrected chi connectivity index (χ1v) is 9.06. The highest BCUT2D eigenvalue weighted by molar-refractivity contribution is 5.90. The van der Waals surface area contributed by atoms with Crippen molar-refractivity contribution in [1.82, 2.24) is 0 Å². The third-order valence-electron chi connectivity index (χ3n) is 5.12. The number of fused-ring (bicyclic) bond motifs is 1. The van der Waals surface area contributed by atoms with E-state index in [1.807, 2.05) is 0 Å². The number of aliphatic hydroxyl groups is 2. The van der Waals surface area contributed by atoms with E-state index >= 15 is 0 Å². The molecular formula is C21H18O9. The van der Waals surface area contributed by atoms with Crippen molar-refractivity contribution in [3.63, 3.8) is 0 Å². The van der Waals surface area contributed by atoms with Gasteiger partial charge in [-0.25, -0.2) is 0 Å². The van der Waals surface area contributed by atoms with E-state index in [4.69, 9.17) is 9.15 Å². The second kappa shape index (κ2) is 7.13. The van der Waals surface area contributed by atoms with Crippen molar-refractivity contribution in [2.75, 3.05) is 0 Å². The van der Waals surface area contributed by atoms with Gasteiger partial charge >= 0.3 is 0 Å². The van der Waals surface area contributed by atoms with Crippen LogP contribution in [0.5, 0.6) is 17.2 Å². The van der Waals surface area contributed by atoms with Crippen LogP contribution in [-0.2, 0) is 9.53 Å². The quantitative estimate of drug-likeness (QED) is 0.417. The van der Waals surface area contributed by atoms with Crippen molar-refractivity contribution >= 4 is 16.8 Å². The Balaban J connectivity index is 1.87. The summed E-state index contributed by atoms with van der Waals surface area (Å²) in [5.41, 5.74) is -0.609. The molecular weight excluding hydrogens is 396 g/mol. The minimum Gasteiger partial charge on any atom is -0.508 e. The van der Waals surface area contributed by atoms with Crippen molar-refractivity contribution in [3.8, 4) is 28.6 Å². The molecule has 0 aliphatic carbocycles. The van der Waals surface area contributed by atoms with Crippen LogP contribution in [0.15, 0.2) is 45.6 Å². The van der Waals surface area contributed by atoms with Crippen molar-refractivity contribution < 1.29 is 39.5 Å². The van der Waals surface area contributed by atoms with E-state index < -0.39 is 47.1 Å². The average molecular weight is 414 g/mol. The van der Waals surface area contributed by atoms with Gasteiger partial charge in [0.05, 0.1) is 5.56 Å². The normalized spacial score (nSPS) is 24.3. The Labute approximate surface area is 169 Å². The Hall–Kier alpha value is -3.40. The van der Waals surface area contributed by atoms with Crippen LogP contribution in [0.2, 0.25) is 0 Å². The minimum absolute atomic E-state index is 0.0303. The largest absolute Gasteiger partial charge is 0.508 e. The molecule has 1 aliphatic heterocycles. The van der Waals surface area contributed by atoms with Crippen molar-refractivity contribution in [2.45, 2.75) is 31.3 Å². The Kier molecular flexibility index (Phi) is 4.73. The van der Waals surface area contributed by atoms with E-state index in [1.54, 1.807) is 0 Å². The van der Waals surface area contributed by atoms with Crippen LogP contribution in [0, 0.1) is 0 Å². The third kappa shape index (κ3) is 3.09. The maximum atomic E-state index is 12.7. The summed E-state index contributed by atoms with van der Waals surface area (Å²) in [6.07, 6.45) is -6.09. The SMILES string of the molecule is C[C@@H]1OC(c2c(O)cc3oc(-c4ccc(O)cc4)cc(=O)c3c2O)[C@H](O)[C@H](O)C1=O. The molecule has 3 aromatic rings. The summed E-state index contributed by atoms with van der Waals surface area (Å²) in [7, 11) is 0. The second-order valence-electron chi connectivity index (χ2n) is 7.09. The summed E-state index contributed by atoms with van der Waals surface area (Å²) in [5, 5.41) is 50.5. The Morgan fingerprint density at radius 1 is 0.967 bits per heavy atom. The van der Waals surface area contributed by atoms with Gasteiger partial charge in [0.15, 0.2) is 11.2 Å². The van der Waals surface area contributed by atoms with Crippen LogP contribution >= 0.6 is 0 Å². The molecule has 9 heteroatoms. The molecule has 1 aromatic heterocycles. The van der Waals surface area contributed by atoms with Gasteiger partial charge in [-0.1, -0.05) is 0 Å². The summed E-state index contributed by atoms with van der Waals surface area (Å²) in [6.45, 7) is 1.36. The molecule has 9 nitrogen and oxygen atoms in total. The number of aromatic hydroxyl groups is 3. The summed E-state index contributed by atoms with van der Waals surface area (Å²) >= 11 is 0. The molecule has 0 saturated carbocycles. The van der Waals surface area contributed by atoms with Gasteiger partial charge in [0.1, 0.15) is 58.4 Å². The first-order chi connectivity index (χ1) is 14.2. The van der Waals surface area contributed by atoms with Gasteiger partial charge in [0.25, 0.3) is 0 Å². The molecule has 1 unspecified atom stereocenters. The third-order valence-corrected chi connectivity index (χ3v) is 5.12. The van der Waals surface area contributed by atoms with Crippen LogP contribution < -0.4 is 5.43 Å². The number of benzene rings is 2. The number of Topliss-reactive ketones (excluding diaryl/α,β-unsaturated/α-hetero) is 1. The lowest BCUT2D eigenvalue weighted by Gasteiger charge is -2.35. The first-order valence-electron chi connectivity index (χ1n) is 9.06. The van der Waals surface area contributed by atoms with E-state index in [-0.39, 0.29) is 28.0 Å². The molecule has 1 aliphatic rings. The fourth-order valence-electron chi connectivity index (χ4n) is 3.53. The summed E-state index contributed by atoms with van der Waals surface area (Å²) in [6, 6.07) is 8.09. The van der Waals surface area contributed by atoms with Crippen molar-refractivity contribution in [2.24, 2.45) is 0 Å². The topological polar surface area (TPSA) is 158 Å². The fraction of sp³-hybridized carbons (Fsp3) is 0.238. The van der Waals surface area contributed by atoms with Crippen molar-refractivity contribution in [1.29, 1.82) is 0 Å². The predicted octanol–water partition coefficient (Wildman–Crippen LogP) is 1.33. The molecule has 30 heavy (non-hydrogen) atoms. The molecule has 2 aromatic carbocycles. The number of aliphatic hydroxyl groups excluding tert-OH is 2. The summed E-state index contributed by atoms with van der Waals surface area (Å²) < 4.78 is 11.0. The summed E-state index contributed by atoms with van der Waals surface area (Å²) in [5.74, 6) is -1.81. The van der Waals surface area contributed by atoms with Crippen LogP contribution in [0.1, 0.15) is 18.6 Å². The minimum atomic E-state index is -1.78. The number of carbonyl (C=O) groups excluding carboxylic acids is 1. The van der Waals surface area contributed by atoms with Gasteiger partial charge in [0, 0.05) is 17.7 Å². The standard InChI is InChI=1S/C21H18O9/c1-8-17(25)19(27)20(28)21(29-8)16-12(24)7-14-15(18(16)26)11(23)6-13(30-14)9-2-4-10(22)5-3-9/h2-8,19-22,24,26-28H,1H3/t8-,19+,20+,21?/m0/s1. The predicted molar refractivity (Wildman–Crippen MR) is 103 cm³/mol. The fourth-order valence-corrected chi connectivity index (χ4v) is 3.53. The molecule has 0 bridgehead atoms. The molecule has 0 amide bonds. The molecule has 1 fully saturated rings. The second-order valence-corrected chi connectivity index (χ2v) is 7.09. The van der Waals surface area contributed by atoms with E-state index in [2.05, 4.69) is 0 Å².